The number of hydrogen-bond acceptors (Lipinski definition) is 4. The molecular formula is C16H17BrN4OS. The van der Waals surface area contributed by atoms with Crippen LogP contribution in [0.5, 0.6) is 0 Å². The first-order valence-corrected chi connectivity index (χ1v) is 8.62. The van der Waals surface area contributed by atoms with E-state index >= 15 is 0 Å². The van der Waals surface area contributed by atoms with Crippen LogP contribution in [0.3, 0.4) is 0 Å². The summed E-state index contributed by atoms with van der Waals surface area (Å²) in [5.74, 6) is 1.54. The van der Waals surface area contributed by atoms with Crippen molar-refractivity contribution in [1.82, 2.24) is 5.43 Å². The molecule has 120 valence electrons. The number of hydrogen-bond donors (Lipinski definition) is 2. The third-order valence-corrected chi connectivity index (χ3v) is 4.23. The molecule has 0 unspecified atom stereocenters. The van der Waals surface area contributed by atoms with E-state index in [-0.39, 0.29) is 0 Å². The Morgan fingerprint density at radius 3 is 2.74 bits per heavy atom. The van der Waals surface area contributed by atoms with Gasteiger partial charge in [0.1, 0.15) is 0 Å². The van der Waals surface area contributed by atoms with Crippen LogP contribution < -0.4 is 15.6 Å². The third-order valence-electron chi connectivity index (χ3n) is 3.47. The van der Waals surface area contributed by atoms with Crippen molar-refractivity contribution in [3.8, 4) is 0 Å². The molecule has 0 radical (unpaired) electrons. The summed E-state index contributed by atoms with van der Waals surface area (Å²) < 4.78 is 6.77. The molecule has 2 N–H and O–H groups in total. The van der Waals surface area contributed by atoms with Crippen molar-refractivity contribution in [2.24, 2.45) is 5.10 Å². The molecule has 0 atom stereocenters. The number of rotatable bonds is 4. The van der Waals surface area contributed by atoms with Crippen LogP contribution in [-0.4, -0.2) is 24.4 Å². The molecule has 7 heteroatoms. The molecule has 1 fully saturated rings. The summed E-state index contributed by atoms with van der Waals surface area (Å²) in [7, 11) is 0. The number of para-hydroxylation sites is 1. The first-order valence-electron chi connectivity index (χ1n) is 7.42. The maximum Gasteiger partial charge on any atom is 0.210 e. The van der Waals surface area contributed by atoms with E-state index in [4.69, 9.17) is 16.6 Å². The number of nitrogens with zero attached hydrogens (tertiary/aromatic N) is 2. The van der Waals surface area contributed by atoms with Crippen LogP contribution in [-0.2, 0) is 0 Å². The number of hydrazone groups is 1. The molecule has 2 aromatic rings. The van der Waals surface area contributed by atoms with Crippen LogP contribution in [0, 0.1) is 0 Å². The molecule has 1 saturated heterocycles. The molecule has 1 aromatic carbocycles. The molecule has 1 aliphatic rings. The summed E-state index contributed by atoms with van der Waals surface area (Å²) in [5.41, 5.74) is 3.69. The number of anilines is 2. The lowest BCUT2D eigenvalue weighted by atomic mass is 10.3. The van der Waals surface area contributed by atoms with E-state index in [1.165, 1.54) is 12.8 Å². The lowest BCUT2D eigenvalue weighted by Crippen LogP contribution is -2.23. The number of halogens is 1. The van der Waals surface area contributed by atoms with Crippen molar-refractivity contribution in [3.63, 3.8) is 0 Å². The Kier molecular flexibility index (Phi) is 5.30. The Hall–Kier alpha value is -1.86. The molecule has 5 nitrogen and oxygen atoms in total. The quantitative estimate of drug-likeness (QED) is 0.468. The molecule has 23 heavy (non-hydrogen) atoms. The van der Waals surface area contributed by atoms with Gasteiger partial charge in [0, 0.05) is 24.8 Å². The fraction of sp³-hybridized carbons (Fsp3) is 0.250. The standard InChI is InChI=1S/C16H17BrN4OS/c17-14-10-13(22-15(14)21-8-4-5-9-21)11-18-20-16(23)19-12-6-2-1-3-7-12/h1-3,6-7,10-11H,4-5,8-9H2,(H2,19,20,23)/b18-11+. The zero-order valence-corrected chi connectivity index (χ0v) is 14.9. The van der Waals surface area contributed by atoms with Crippen molar-refractivity contribution in [2.45, 2.75) is 12.8 Å². The Labute approximate surface area is 148 Å². The molecule has 0 saturated carbocycles. The van der Waals surface area contributed by atoms with Crippen molar-refractivity contribution in [2.75, 3.05) is 23.3 Å². The van der Waals surface area contributed by atoms with Gasteiger partial charge in [0.15, 0.2) is 10.9 Å². The fourth-order valence-electron chi connectivity index (χ4n) is 2.41. The number of thiocarbonyl (C=S) groups is 1. The van der Waals surface area contributed by atoms with Gasteiger partial charge in [0.2, 0.25) is 5.88 Å². The molecule has 1 aliphatic heterocycles. The van der Waals surface area contributed by atoms with Gasteiger partial charge in [-0.1, -0.05) is 18.2 Å². The van der Waals surface area contributed by atoms with Gasteiger partial charge in [-0.3, -0.25) is 5.43 Å². The minimum atomic E-state index is 0.429. The molecule has 0 spiro atoms. The van der Waals surface area contributed by atoms with Crippen molar-refractivity contribution in [1.29, 1.82) is 0 Å². The smallest absolute Gasteiger partial charge is 0.210 e. The maximum atomic E-state index is 5.82. The van der Waals surface area contributed by atoms with Crippen molar-refractivity contribution < 1.29 is 4.42 Å². The topological polar surface area (TPSA) is 52.8 Å². The lowest BCUT2D eigenvalue weighted by Gasteiger charge is -2.13. The van der Waals surface area contributed by atoms with Gasteiger partial charge in [-0.05, 0) is 53.1 Å². The summed E-state index contributed by atoms with van der Waals surface area (Å²) >= 11 is 8.72. The van der Waals surface area contributed by atoms with E-state index in [1.807, 2.05) is 36.4 Å². The van der Waals surface area contributed by atoms with Crippen molar-refractivity contribution in [3.05, 3.63) is 46.6 Å². The Morgan fingerprint density at radius 2 is 2.00 bits per heavy atom. The van der Waals surface area contributed by atoms with Crippen LogP contribution in [0.2, 0.25) is 0 Å². The molecule has 1 aromatic heterocycles. The van der Waals surface area contributed by atoms with E-state index in [2.05, 4.69) is 36.7 Å². The molecule has 3 rings (SSSR count). The highest BCUT2D eigenvalue weighted by atomic mass is 79.9. The minimum absolute atomic E-state index is 0.429. The number of furan rings is 1. The van der Waals surface area contributed by atoms with Crippen LogP contribution >= 0.6 is 28.1 Å². The highest BCUT2D eigenvalue weighted by molar-refractivity contribution is 9.10. The Bertz CT molecular complexity index is 695. The molecule has 0 aliphatic carbocycles. The van der Waals surface area contributed by atoms with E-state index in [0.717, 1.165) is 29.1 Å². The first kappa shape index (κ1) is 16.0. The van der Waals surface area contributed by atoms with Gasteiger partial charge in [-0.15, -0.1) is 0 Å². The molecule has 2 heterocycles. The first-order chi connectivity index (χ1) is 11.2. The second-order valence-corrected chi connectivity index (χ2v) is 6.45. The predicted octanol–water partition coefficient (Wildman–Crippen LogP) is 3.96. The zero-order valence-electron chi connectivity index (χ0n) is 12.5. The van der Waals surface area contributed by atoms with E-state index in [9.17, 15) is 0 Å². The highest BCUT2D eigenvalue weighted by Crippen LogP contribution is 2.31. The van der Waals surface area contributed by atoms with E-state index < -0.39 is 0 Å². The number of benzene rings is 1. The lowest BCUT2D eigenvalue weighted by molar-refractivity contribution is 0.549. The third kappa shape index (κ3) is 4.33. The monoisotopic (exact) mass is 392 g/mol. The van der Waals surface area contributed by atoms with Gasteiger partial charge in [0.05, 0.1) is 10.7 Å². The molecular weight excluding hydrogens is 376 g/mol. The van der Waals surface area contributed by atoms with Crippen LogP contribution in [0.1, 0.15) is 18.6 Å². The molecule has 0 amide bonds. The van der Waals surface area contributed by atoms with Gasteiger partial charge >= 0.3 is 0 Å². The zero-order chi connectivity index (χ0) is 16.1. The maximum absolute atomic E-state index is 5.82. The fourth-order valence-corrected chi connectivity index (χ4v) is 3.14. The van der Waals surface area contributed by atoms with E-state index in [0.29, 0.717) is 10.9 Å². The second kappa shape index (κ2) is 7.61. The Morgan fingerprint density at radius 1 is 1.26 bits per heavy atom. The van der Waals surface area contributed by atoms with Crippen LogP contribution in [0.4, 0.5) is 11.6 Å². The second-order valence-electron chi connectivity index (χ2n) is 5.19. The highest BCUT2D eigenvalue weighted by Gasteiger charge is 2.19. The number of nitrogens with one attached hydrogen (secondary N) is 2. The average Bonchev–Trinajstić information content (AvgIpc) is 3.18. The SMILES string of the molecule is S=C(N/N=C/c1cc(Br)c(N2CCCC2)o1)Nc1ccccc1. The largest absolute Gasteiger partial charge is 0.438 e. The van der Waals surface area contributed by atoms with Gasteiger partial charge in [-0.2, -0.15) is 5.10 Å². The normalized spacial score (nSPS) is 14.4. The summed E-state index contributed by atoms with van der Waals surface area (Å²) in [5, 5.41) is 7.58. The summed E-state index contributed by atoms with van der Waals surface area (Å²) in [6.07, 6.45) is 4.03. The van der Waals surface area contributed by atoms with Crippen molar-refractivity contribution >= 4 is 51.0 Å². The average molecular weight is 393 g/mol. The van der Waals surface area contributed by atoms with Crippen LogP contribution in [0.25, 0.3) is 0 Å². The predicted molar refractivity (Wildman–Crippen MR) is 101 cm³/mol. The Balaban J connectivity index is 1.55. The molecule has 0 bridgehead atoms. The van der Waals surface area contributed by atoms with Crippen LogP contribution in [0.15, 0.2) is 50.4 Å². The summed E-state index contributed by atoms with van der Waals surface area (Å²) in [6, 6.07) is 11.6. The van der Waals surface area contributed by atoms with Gasteiger partial charge in [-0.25, -0.2) is 0 Å². The summed E-state index contributed by atoms with van der Waals surface area (Å²) in [4.78, 5) is 2.23. The minimum Gasteiger partial charge on any atom is -0.438 e. The summed E-state index contributed by atoms with van der Waals surface area (Å²) in [6.45, 7) is 2.07. The van der Waals surface area contributed by atoms with E-state index in [1.54, 1.807) is 6.21 Å². The van der Waals surface area contributed by atoms with Gasteiger partial charge < -0.3 is 14.6 Å². The van der Waals surface area contributed by atoms with Gasteiger partial charge in [0.25, 0.3) is 0 Å².